The maximum Gasteiger partial charge on any atom is 0.233 e. The Hall–Kier alpha value is -1.95. The Morgan fingerprint density at radius 1 is 1.41 bits per heavy atom. The van der Waals surface area contributed by atoms with E-state index in [1.165, 1.54) is 0 Å². The predicted octanol–water partition coefficient (Wildman–Crippen LogP) is 0.461. The monoisotopic (exact) mass is 233 g/mol. The van der Waals surface area contributed by atoms with Crippen LogP contribution in [0.4, 0.5) is 0 Å². The highest BCUT2D eigenvalue weighted by molar-refractivity contribution is 5.15. The van der Waals surface area contributed by atoms with Gasteiger partial charge in [-0.3, -0.25) is 0 Å². The van der Waals surface area contributed by atoms with Gasteiger partial charge < -0.3 is 15.0 Å². The fourth-order valence-corrected chi connectivity index (χ4v) is 1.53. The van der Waals surface area contributed by atoms with E-state index in [1.807, 2.05) is 23.9 Å². The summed E-state index contributed by atoms with van der Waals surface area (Å²) in [5.74, 6) is 1.41. The van der Waals surface area contributed by atoms with E-state index in [9.17, 15) is 0 Å². The molecule has 0 radical (unpaired) electrons. The summed E-state index contributed by atoms with van der Waals surface area (Å²) >= 11 is 0. The van der Waals surface area contributed by atoms with E-state index in [-0.39, 0.29) is 6.04 Å². The highest BCUT2D eigenvalue weighted by atomic mass is 16.5. The molecular weight excluding hydrogens is 218 g/mol. The van der Waals surface area contributed by atoms with Gasteiger partial charge in [0.2, 0.25) is 5.88 Å². The van der Waals surface area contributed by atoms with E-state index in [1.54, 1.807) is 19.4 Å². The second-order valence-corrected chi connectivity index (χ2v) is 3.77. The highest BCUT2D eigenvalue weighted by Gasteiger charge is 2.12. The van der Waals surface area contributed by atoms with Gasteiger partial charge in [-0.05, 0) is 6.07 Å². The van der Waals surface area contributed by atoms with Gasteiger partial charge in [-0.1, -0.05) is 0 Å². The van der Waals surface area contributed by atoms with E-state index >= 15 is 0 Å². The average Bonchev–Trinajstić information content (AvgIpc) is 2.75. The lowest BCUT2D eigenvalue weighted by atomic mass is 10.1. The Kier molecular flexibility index (Phi) is 3.34. The Morgan fingerprint density at radius 2 is 2.24 bits per heavy atom. The molecule has 90 valence electrons. The summed E-state index contributed by atoms with van der Waals surface area (Å²) in [7, 11) is 3.49. The van der Waals surface area contributed by atoms with E-state index in [0.29, 0.717) is 12.3 Å². The van der Waals surface area contributed by atoms with Crippen molar-refractivity contribution in [3.05, 3.63) is 36.0 Å². The quantitative estimate of drug-likeness (QED) is 0.830. The molecule has 2 heterocycles. The molecule has 0 aliphatic rings. The van der Waals surface area contributed by atoms with E-state index in [2.05, 4.69) is 15.2 Å². The number of aryl methyl sites for hydroxylation is 1. The van der Waals surface area contributed by atoms with E-state index < -0.39 is 0 Å². The van der Waals surface area contributed by atoms with E-state index in [0.717, 1.165) is 11.5 Å². The fraction of sp³-hybridized carbons (Fsp3) is 0.364. The highest BCUT2D eigenvalue weighted by Crippen LogP contribution is 2.13. The molecule has 6 nitrogen and oxygen atoms in total. The third kappa shape index (κ3) is 2.59. The largest absolute Gasteiger partial charge is 0.480 e. The normalized spacial score (nSPS) is 12.4. The Labute approximate surface area is 99.4 Å². The van der Waals surface area contributed by atoms with E-state index in [4.69, 9.17) is 10.5 Å². The first kappa shape index (κ1) is 11.5. The lowest BCUT2D eigenvalue weighted by Crippen LogP contribution is -2.17. The number of ether oxygens (including phenoxy) is 1. The van der Waals surface area contributed by atoms with Crippen LogP contribution in [-0.2, 0) is 13.5 Å². The summed E-state index contributed by atoms with van der Waals surface area (Å²) in [5, 5.41) is 7.91. The van der Waals surface area contributed by atoms with Crippen LogP contribution in [0.2, 0.25) is 0 Å². The van der Waals surface area contributed by atoms with Crippen molar-refractivity contribution in [2.75, 3.05) is 7.11 Å². The summed E-state index contributed by atoms with van der Waals surface area (Å²) in [5.41, 5.74) is 6.78. The molecule has 2 N–H and O–H groups in total. The van der Waals surface area contributed by atoms with Crippen LogP contribution >= 0.6 is 0 Å². The van der Waals surface area contributed by atoms with Gasteiger partial charge in [-0.15, -0.1) is 5.10 Å². The number of rotatable bonds is 4. The minimum atomic E-state index is -0.213. The number of aromatic nitrogens is 4. The molecule has 17 heavy (non-hydrogen) atoms. The molecule has 0 aliphatic heterocycles. The summed E-state index contributed by atoms with van der Waals surface area (Å²) in [6.45, 7) is 0. The number of methoxy groups -OCH3 is 1. The molecule has 0 bridgehead atoms. The van der Waals surface area contributed by atoms with Gasteiger partial charge >= 0.3 is 0 Å². The van der Waals surface area contributed by atoms with Gasteiger partial charge in [0.25, 0.3) is 0 Å². The SMILES string of the molecule is COc1ccc(C(N)Cc2nccn2C)nn1. The summed E-state index contributed by atoms with van der Waals surface area (Å²) in [6.07, 6.45) is 4.27. The molecule has 0 fully saturated rings. The van der Waals surface area contributed by atoms with Crippen LogP contribution in [0.5, 0.6) is 5.88 Å². The smallest absolute Gasteiger partial charge is 0.233 e. The zero-order valence-corrected chi connectivity index (χ0v) is 9.87. The summed E-state index contributed by atoms with van der Waals surface area (Å²) in [4.78, 5) is 4.23. The standard InChI is InChI=1S/C11H15N5O/c1-16-6-5-13-10(16)7-8(12)9-3-4-11(17-2)15-14-9/h3-6,8H,7,12H2,1-2H3. The van der Waals surface area contributed by atoms with Crippen LogP contribution in [-0.4, -0.2) is 26.9 Å². The van der Waals surface area contributed by atoms with Gasteiger partial charge in [0, 0.05) is 31.9 Å². The van der Waals surface area contributed by atoms with Gasteiger partial charge in [0.05, 0.1) is 18.8 Å². The molecule has 0 spiro atoms. The van der Waals surface area contributed by atoms with Crippen LogP contribution in [0.3, 0.4) is 0 Å². The third-order valence-corrected chi connectivity index (χ3v) is 2.57. The van der Waals surface area contributed by atoms with Crippen molar-refractivity contribution in [3.63, 3.8) is 0 Å². The first-order chi connectivity index (χ1) is 8.20. The number of nitrogens with zero attached hydrogens (tertiary/aromatic N) is 4. The number of nitrogens with two attached hydrogens (primary N) is 1. The van der Waals surface area contributed by atoms with Crippen molar-refractivity contribution in [2.45, 2.75) is 12.5 Å². The zero-order chi connectivity index (χ0) is 12.3. The molecule has 0 aromatic carbocycles. The molecule has 2 rings (SSSR count). The topological polar surface area (TPSA) is 78.9 Å². The van der Waals surface area contributed by atoms with Crippen molar-refractivity contribution < 1.29 is 4.74 Å². The van der Waals surface area contributed by atoms with Gasteiger partial charge in [0.15, 0.2) is 0 Å². The zero-order valence-electron chi connectivity index (χ0n) is 9.87. The van der Waals surface area contributed by atoms with Crippen molar-refractivity contribution >= 4 is 0 Å². The Balaban J connectivity index is 2.09. The molecule has 0 saturated carbocycles. The van der Waals surface area contributed by atoms with Gasteiger partial charge in [-0.25, -0.2) is 4.98 Å². The first-order valence-corrected chi connectivity index (χ1v) is 5.30. The van der Waals surface area contributed by atoms with Crippen molar-refractivity contribution in [1.82, 2.24) is 19.7 Å². The minimum Gasteiger partial charge on any atom is -0.480 e. The number of hydrogen-bond donors (Lipinski definition) is 1. The maximum atomic E-state index is 6.05. The van der Waals surface area contributed by atoms with Crippen LogP contribution < -0.4 is 10.5 Å². The van der Waals surface area contributed by atoms with Crippen molar-refractivity contribution in [1.29, 1.82) is 0 Å². The molecule has 6 heteroatoms. The number of hydrogen-bond acceptors (Lipinski definition) is 5. The van der Waals surface area contributed by atoms with Crippen LogP contribution in [0, 0.1) is 0 Å². The lowest BCUT2D eigenvalue weighted by Gasteiger charge is -2.10. The second-order valence-electron chi connectivity index (χ2n) is 3.77. The van der Waals surface area contributed by atoms with Crippen molar-refractivity contribution in [2.24, 2.45) is 12.8 Å². The fourth-order valence-electron chi connectivity index (χ4n) is 1.53. The molecular formula is C11H15N5O. The van der Waals surface area contributed by atoms with Gasteiger partial charge in [0.1, 0.15) is 5.82 Å². The lowest BCUT2D eigenvalue weighted by molar-refractivity contribution is 0.390. The van der Waals surface area contributed by atoms with Crippen LogP contribution in [0.25, 0.3) is 0 Å². The molecule has 0 amide bonds. The third-order valence-electron chi connectivity index (χ3n) is 2.57. The van der Waals surface area contributed by atoms with Crippen molar-refractivity contribution in [3.8, 4) is 5.88 Å². The van der Waals surface area contributed by atoms with Gasteiger partial charge in [-0.2, -0.15) is 5.10 Å². The molecule has 1 atom stereocenters. The average molecular weight is 233 g/mol. The number of imidazole rings is 1. The second kappa shape index (κ2) is 4.92. The Bertz CT molecular complexity index is 479. The molecule has 2 aromatic heterocycles. The van der Waals surface area contributed by atoms with Crippen LogP contribution in [0.1, 0.15) is 17.6 Å². The summed E-state index contributed by atoms with van der Waals surface area (Å²) in [6, 6.07) is 3.36. The molecule has 0 aliphatic carbocycles. The maximum absolute atomic E-state index is 6.05. The predicted molar refractivity (Wildman–Crippen MR) is 62.4 cm³/mol. The Morgan fingerprint density at radius 3 is 2.76 bits per heavy atom. The molecule has 0 saturated heterocycles. The summed E-state index contributed by atoms with van der Waals surface area (Å²) < 4.78 is 6.88. The molecule has 2 aromatic rings. The molecule has 1 unspecified atom stereocenters. The van der Waals surface area contributed by atoms with Crippen LogP contribution in [0.15, 0.2) is 24.5 Å². The minimum absolute atomic E-state index is 0.213. The first-order valence-electron chi connectivity index (χ1n) is 5.30.